The largest absolute Gasteiger partial charge is 0.0912 e. The van der Waals surface area contributed by atoms with Crippen molar-refractivity contribution in [3.05, 3.63) is 53.1 Å². The summed E-state index contributed by atoms with van der Waals surface area (Å²) in [6.45, 7) is 12.1. The van der Waals surface area contributed by atoms with Crippen LogP contribution in [0.2, 0.25) is 18.6 Å². The topological polar surface area (TPSA) is 0 Å². The maximum Gasteiger partial charge on any atom is 0.0912 e. The normalized spacial score (nSPS) is 16.3. The Balaban J connectivity index is 2.18. The highest BCUT2D eigenvalue weighted by atomic mass is 28.3. The minimum absolute atomic E-state index is 0.660. The number of unbranched alkanes of at least 4 members (excludes halogenated alkanes) is 7. The van der Waals surface area contributed by atoms with Crippen LogP contribution in [0.4, 0.5) is 0 Å². The standard InChI is InChI=1S/C29H48Si/c1-6-9-12-14-17-26-21-27(18-15-13-10-7-2)24-29(23-26)30(4,5)28-20-19-25(22-28)16-11-8-3/h19-24,28H,6-18H2,1-5H3. The minimum Gasteiger partial charge on any atom is -0.0797 e. The first kappa shape index (κ1) is 25.2. The summed E-state index contributed by atoms with van der Waals surface area (Å²) in [6, 6.07) is 7.73. The fourth-order valence-electron chi connectivity index (χ4n) is 4.69. The molecule has 1 atom stereocenters. The Bertz CT molecular complexity index is 649. The third kappa shape index (κ3) is 7.87. The summed E-state index contributed by atoms with van der Waals surface area (Å²) in [7, 11) is -1.56. The zero-order chi connectivity index (χ0) is 21.8. The second-order valence-corrected chi connectivity index (χ2v) is 14.8. The van der Waals surface area contributed by atoms with E-state index in [0.29, 0.717) is 5.54 Å². The first-order valence-corrected chi connectivity index (χ1v) is 16.1. The number of rotatable bonds is 15. The summed E-state index contributed by atoms with van der Waals surface area (Å²) in [5.41, 5.74) is 5.45. The van der Waals surface area contributed by atoms with Gasteiger partial charge in [-0.25, -0.2) is 0 Å². The highest BCUT2D eigenvalue weighted by Crippen LogP contribution is 2.33. The van der Waals surface area contributed by atoms with E-state index in [2.05, 4.69) is 70.3 Å². The van der Waals surface area contributed by atoms with Crippen molar-refractivity contribution in [2.45, 2.75) is 123 Å². The smallest absolute Gasteiger partial charge is 0.0797 e. The molecule has 0 spiro atoms. The van der Waals surface area contributed by atoms with Crippen LogP contribution in [0.5, 0.6) is 0 Å². The van der Waals surface area contributed by atoms with Crippen molar-refractivity contribution in [3.8, 4) is 0 Å². The van der Waals surface area contributed by atoms with E-state index < -0.39 is 8.07 Å². The molecule has 0 heterocycles. The van der Waals surface area contributed by atoms with Gasteiger partial charge in [0.1, 0.15) is 0 Å². The van der Waals surface area contributed by atoms with Gasteiger partial charge >= 0.3 is 0 Å². The molecule has 1 aliphatic rings. The fourth-order valence-corrected chi connectivity index (χ4v) is 7.40. The van der Waals surface area contributed by atoms with Crippen molar-refractivity contribution in [2.24, 2.45) is 0 Å². The molecule has 1 aromatic carbocycles. The second-order valence-electron chi connectivity index (χ2n) is 10.1. The Morgan fingerprint density at radius 2 is 1.23 bits per heavy atom. The van der Waals surface area contributed by atoms with E-state index in [1.54, 1.807) is 21.9 Å². The zero-order valence-corrected chi connectivity index (χ0v) is 21.7. The Morgan fingerprint density at radius 1 is 0.667 bits per heavy atom. The van der Waals surface area contributed by atoms with E-state index in [1.807, 2.05) is 0 Å². The summed E-state index contributed by atoms with van der Waals surface area (Å²) in [4.78, 5) is 0. The summed E-state index contributed by atoms with van der Waals surface area (Å²) in [5, 5.41) is 1.68. The number of allylic oxidation sites excluding steroid dienone is 4. The van der Waals surface area contributed by atoms with Crippen LogP contribution in [-0.2, 0) is 12.8 Å². The molecule has 0 fully saturated rings. The molecular formula is C29H48Si. The SMILES string of the molecule is CCCCCCc1cc(CCCCCC)cc([Si](C)(C)C2C=CC(CCCC)=C2)c1. The van der Waals surface area contributed by atoms with Gasteiger partial charge in [-0.3, -0.25) is 0 Å². The summed E-state index contributed by atoms with van der Waals surface area (Å²) in [6.07, 6.45) is 24.8. The van der Waals surface area contributed by atoms with Gasteiger partial charge in [0.25, 0.3) is 0 Å². The van der Waals surface area contributed by atoms with E-state index in [0.717, 1.165) is 0 Å². The molecule has 0 saturated carbocycles. The van der Waals surface area contributed by atoms with Gasteiger partial charge in [-0.15, -0.1) is 0 Å². The van der Waals surface area contributed by atoms with Crippen molar-refractivity contribution >= 4 is 13.3 Å². The average Bonchev–Trinajstić information content (AvgIpc) is 3.23. The molecule has 0 radical (unpaired) electrons. The fraction of sp³-hybridized carbons (Fsp3) is 0.655. The van der Waals surface area contributed by atoms with Gasteiger partial charge in [-0.1, -0.05) is 126 Å². The monoisotopic (exact) mass is 424 g/mol. The Hall–Kier alpha value is -1.08. The zero-order valence-electron chi connectivity index (χ0n) is 20.7. The van der Waals surface area contributed by atoms with Gasteiger partial charge in [-0.05, 0) is 55.2 Å². The van der Waals surface area contributed by atoms with Crippen LogP contribution in [-0.4, -0.2) is 8.07 Å². The lowest BCUT2D eigenvalue weighted by Crippen LogP contribution is -2.45. The third-order valence-electron chi connectivity index (χ3n) is 7.00. The molecule has 0 bridgehead atoms. The van der Waals surface area contributed by atoms with Gasteiger partial charge in [0.05, 0.1) is 8.07 Å². The molecule has 1 unspecified atom stereocenters. The molecule has 1 heteroatoms. The number of hydrogen-bond acceptors (Lipinski definition) is 0. The quantitative estimate of drug-likeness (QED) is 0.195. The summed E-state index contributed by atoms with van der Waals surface area (Å²) >= 11 is 0. The molecule has 1 aromatic rings. The maximum absolute atomic E-state index is 2.61. The van der Waals surface area contributed by atoms with Crippen molar-refractivity contribution < 1.29 is 0 Å². The third-order valence-corrected chi connectivity index (χ3v) is 10.8. The number of aryl methyl sites for hydroxylation is 2. The van der Waals surface area contributed by atoms with Gasteiger partial charge in [0.2, 0.25) is 0 Å². The van der Waals surface area contributed by atoms with Gasteiger partial charge in [0, 0.05) is 0 Å². The second kappa shape index (κ2) is 13.4. The molecule has 0 aliphatic heterocycles. The van der Waals surface area contributed by atoms with Crippen LogP contribution in [0, 0.1) is 0 Å². The van der Waals surface area contributed by atoms with Crippen molar-refractivity contribution in [1.82, 2.24) is 0 Å². The van der Waals surface area contributed by atoms with Crippen molar-refractivity contribution in [3.63, 3.8) is 0 Å². The number of benzene rings is 1. The van der Waals surface area contributed by atoms with E-state index in [9.17, 15) is 0 Å². The van der Waals surface area contributed by atoms with Crippen LogP contribution < -0.4 is 5.19 Å². The highest BCUT2D eigenvalue weighted by molar-refractivity contribution is 6.91. The van der Waals surface area contributed by atoms with Crippen LogP contribution in [0.15, 0.2) is 42.0 Å². The molecule has 2 rings (SSSR count). The first-order chi connectivity index (χ1) is 14.5. The van der Waals surface area contributed by atoms with Gasteiger partial charge in [0.15, 0.2) is 0 Å². The van der Waals surface area contributed by atoms with E-state index in [1.165, 1.54) is 83.5 Å². The van der Waals surface area contributed by atoms with Crippen LogP contribution >= 0.6 is 0 Å². The summed E-state index contributed by atoms with van der Waals surface area (Å²) < 4.78 is 0. The lowest BCUT2D eigenvalue weighted by molar-refractivity contribution is 0.661. The van der Waals surface area contributed by atoms with Gasteiger partial charge < -0.3 is 0 Å². The Morgan fingerprint density at radius 3 is 1.77 bits per heavy atom. The molecule has 0 N–H and O–H groups in total. The predicted molar refractivity (Wildman–Crippen MR) is 140 cm³/mol. The Labute approximate surface area is 189 Å². The minimum atomic E-state index is -1.56. The molecule has 30 heavy (non-hydrogen) atoms. The molecule has 168 valence electrons. The van der Waals surface area contributed by atoms with Crippen molar-refractivity contribution in [1.29, 1.82) is 0 Å². The first-order valence-electron chi connectivity index (χ1n) is 13.0. The van der Waals surface area contributed by atoms with Crippen LogP contribution in [0.1, 0.15) is 103 Å². The summed E-state index contributed by atoms with van der Waals surface area (Å²) in [5.74, 6) is 0. The van der Waals surface area contributed by atoms with Crippen LogP contribution in [0.25, 0.3) is 0 Å². The Kier molecular flexibility index (Phi) is 11.2. The lowest BCUT2D eigenvalue weighted by Gasteiger charge is -2.29. The van der Waals surface area contributed by atoms with Crippen molar-refractivity contribution in [2.75, 3.05) is 0 Å². The maximum atomic E-state index is 2.61. The number of hydrogen-bond donors (Lipinski definition) is 0. The van der Waals surface area contributed by atoms with Gasteiger partial charge in [-0.2, -0.15) is 0 Å². The van der Waals surface area contributed by atoms with E-state index >= 15 is 0 Å². The van der Waals surface area contributed by atoms with Crippen LogP contribution in [0.3, 0.4) is 0 Å². The molecule has 1 aliphatic carbocycles. The molecular weight excluding hydrogens is 376 g/mol. The molecule has 0 aromatic heterocycles. The average molecular weight is 425 g/mol. The van der Waals surface area contributed by atoms with E-state index in [-0.39, 0.29) is 0 Å². The predicted octanol–water partition coefficient (Wildman–Crippen LogP) is 8.90. The van der Waals surface area contributed by atoms with E-state index in [4.69, 9.17) is 0 Å². The lowest BCUT2D eigenvalue weighted by atomic mass is 10.0. The molecule has 0 amide bonds. The molecule has 0 saturated heterocycles. The molecule has 0 nitrogen and oxygen atoms in total. The highest BCUT2D eigenvalue weighted by Gasteiger charge is 2.33.